The van der Waals surface area contributed by atoms with Gasteiger partial charge in [-0.1, -0.05) is 12.1 Å². The van der Waals surface area contributed by atoms with E-state index < -0.39 is 23.9 Å². The molecule has 0 bridgehead atoms. The summed E-state index contributed by atoms with van der Waals surface area (Å²) in [6.45, 7) is 4.03. The Morgan fingerprint density at radius 1 is 1.32 bits per heavy atom. The van der Waals surface area contributed by atoms with Crippen LogP contribution in [0.5, 0.6) is 0 Å². The minimum atomic E-state index is -4.76. The van der Waals surface area contributed by atoms with Gasteiger partial charge in [0.1, 0.15) is 5.76 Å². The molecule has 1 N–H and O–H groups in total. The molecule has 0 spiro atoms. The van der Waals surface area contributed by atoms with Crippen molar-refractivity contribution in [2.75, 3.05) is 11.4 Å². The molecule has 1 heterocycles. The van der Waals surface area contributed by atoms with Crippen molar-refractivity contribution in [3.05, 3.63) is 53.8 Å². The van der Waals surface area contributed by atoms with E-state index in [1.54, 1.807) is 17.0 Å². The maximum atomic E-state index is 13.1. The van der Waals surface area contributed by atoms with Gasteiger partial charge in [0.05, 0.1) is 17.1 Å². The summed E-state index contributed by atoms with van der Waals surface area (Å²) in [7, 11) is 0. The second kappa shape index (κ2) is 6.88. The molecule has 2 aliphatic rings. The van der Waals surface area contributed by atoms with Crippen LogP contribution in [0.3, 0.4) is 0 Å². The lowest BCUT2D eigenvalue weighted by Gasteiger charge is -2.29. The van der Waals surface area contributed by atoms with Crippen molar-refractivity contribution in [3.63, 3.8) is 0 Å². The first-order valence-electron chi connectivity index (χ1n) is 8.56. The summed E-state index contributed by atoms with van der Waals surface area (Å²) >= 11 is 0. The number of amides is 2. The quantitative estimate of drug-likeness (QED) is 0.830. The zero-order chi connectivity index (χ0) is 20.7. The zero-order valence-corrected chi connectivity index (χ0v) is 15.2. The Morgan fingerprint density at radius 2 is 2.04 bits per heavy atom. The normalized spacial score (nSPS) is 21.7. The first kappa shape index (κ1) is 19.8. The molecule has 3 rings (SSSR count). The standard InChI is InChI=1S/C19H19F3N2O4/c1-18(2)11-23(13-6-8-15(9-7-13)28-19(20,21)22)17(27)24(18)14-5-3-4-12(10-14)16(25)26/h3-6,8-10,13H,7,11H2,1-2H3,(H,25,26). The number of urea groups is 1. The van der Waals surface area contributed by atoms with Gasteiger partial charge >= 0.3 is 18.4 Å². The minimum Gasteiger partial charge on any atom is -0.478 e. The number of anilines is 1. The lowest BCUT2D eigenvalue weighted by atomic mass is 10.0. The Bertz CT molecular complexity index is 861. The predicted octanol–water partition coefficient (Wildman–Crippen LogP) is 4.15. The molecule has 2 amide bonds. The van der Waals surface area contributed by atoms with Gasteiger partial charge in [-0.15, -0.1) is 13.2 Å². The van der Waals surface area contributed by atoms with E-state index >= 15 is 0 Å². The molecular weight excluding hydrogens is 377 g/mol. The van der Waals surface area contributed by atoms with Gasteiger partial charge in [-0.05, 0) is 50.6 Å². The maximum absolute atomic E-state index is 13.1. The zero-order valence-electron chi connectivity index (χ0n) is 15.2. The van der Waals surface area contributed by atoms with Crippen LogP contribution in [0.1, 0.15) is 30.6 Å². The lowest BCUT2D eigenvalue weighted by Crippen LogP contribution is -2.42. The second-order valence-corrected chi connectivity index (χ2v) is 7.23. The van der Waals surface area contributed by atoms with Gasteiger partial charge < -0.3 is 14.7 Å². The van der Waals surface area contributed by atoms with Gasteiger partial charge in [-0.2, -0.15) is 0 Å². The van der Waals surface area contributed by atoms with E-state index in [0.29, 0.717) is 12.2 Å². The number of carbonyl (C=O) groups excluding carboxylic acids is 1. The summed E-state index contributed by atoms with van der Waals surface area (Å²) in [5.41, 5.74) is -0.114. The van der Waals surface area contributed by atoms with Crippen molar-refractivity contribution >= 4 is 17.7 Å². The van der Waals surface area contributed by atoms with E-state index in [1.165, 1.54) is 35.3 Å². The number of carbonyl (C=O) groups is 2. The summed E-state index contributed by atoms with van der Waals surface area (Å²) in [5, 5.41) is 9.19. The van der Waals surface area contributed by atoms with Crippen LogP contribution in [0.2, 0.25) is 0 Å². The van der Waals surface area contributed by atoms with Crippen molar-refractivity contribution in [3.8, 4) is 0 Å². The summed E-state index contributed by atoms with van der Waals surface area (Å²) in [6.07, 6.45) is -0.568. The highest BCUT2D eigenvalue weighted by Gasteiger charge is 2.46. The van der Waals surface area contributed by atoms with Crippen molar-refractivity contribution in [1.29, 1.82) is 0 Å². The first-order valence-corrected chi connectivity index (χ1v) is 8.56. The van der Waals surface area contributed by atoms with Gasteiger partial charge in [-0.25, -0.2) is 9.59 Å². The molecule has 1 aromatic carbocycles. The third kappa shape index (κ3) is 3.97. The Kier molecular flexibility index (Phi) is 4.86. The molecule has 0 saturated carbocycles. The number of alkyl halides is 3. The van der Waals surface area contributed by atoms with Crippen molar-refractivity contribution in [2.24, 2.45) is 0 Å². The Labute approximate surface area is 159 Å². The molecule has 1 saturated heterocycles. The summed E-state index contributed by atoms with van der Waals surface area (Å²) in [6, 6.07) is 5.33. The van der Waals surface area contributed by atoms with Crippen LogP contribution in [0.4, 0.5) is 23.7 Å². The Balaban J connectivity index is 1.80. The summed E-state index contributed by atoms with van der Waals surface area (Å²) in [4.78, 5) is 27.4. The monoisotopic (exact) mass is 396 g/mol. The van der Waals surface area contributed by atoms with E-state index in [1.807, 2.05) is 13.8 Å². The Morgan fingerprint density at radius 3 is 2.61 bits per heavy atom. The number of allylic oxidation sites excluding steroid dienone is 1. The van der Waals surface area contributed by atoms with Gasteiger partial charge in [0.2, 0.25) is 0 Å². The predicted molar refractivity (Wildman–Crippen MR) is 94.8 cm³/mol. The molecule has 1 aromatic rings. The number of halogens is 3. The van der Waals surface area contributed by atoms with Crippen LogP contribution < -0.4 is 4.90 Å². The fourth-order valence-corrected chi connectivity index (χ4v) is 3.47. The number of ether oxygens (including phenoxy) is 1. The highest BCUT2D eigenvalue weighted by Crippen LogP contribution is 2.35. The fraction of sp³-hybridized carbons (Fsp3) is 0.368. The number of hydrogen-bond acceptors (Lipinski definition) is 3. The number of nitrogens with zero attached hydrogens (tertiary/aromatic N) is 2. The van der Waals surface area contributed by atoms with E-state index in [4.69, 9.17) is 0 Å². The highest BCUT2D eigenvalue weighted by atomic mass is 19.4. The first-order chi connectivity index (χ1) is 13.0. The molecule has 1 fully saturated rings. The van der Waals surface area contributed by atoms with Crippen molar-refractivity contribution in [2.45, 2.75) is 38.2 Å². The average molecular weight is 396 g/mol. The van der Waals surface area contributed by atoms with E-state index in [-0.39, 0.29) is 23.8 Å². The van der Waals surface area contributed by atoms with Crippen molar-refractivity contribution < 1.29 is 32.6 Å². The van der Waals surface area contributed by atoms with E-state index in [9.17, 15) is 27.9 Å². The highest BCUT2D eigenvalue weighted by molar-refractivity contribution is 5.98. The maximum Gasteiger partial charge on any atom is 0.573 e. The lowest BCUT2D eigenvalue weighted by molar-refractivity contribution is -0.303. The molecule has 1 aliphatic carbocycles. The molecular formula is C19H19F3N2O4. The van der Waals surface area contributed by atoms with Crippen molar-refractivity contribution in [1.82, 2.24) is 4.90 Å². The number of carboxylic acid groups (broad SMARTS) is 1. The fourth-order valence-electron chi connectivity index (χ4n) is 3.47. The number of rotatable bonds is 4. The topological polar surface area (TPSA) is 70.1 Å². The molecule has 9 heteroatoms. The van der Waals surface area contributed by atoms with E-state index in [2.05, 4.69) is 4.74 Å². The molecule has 1 aliphatic heterocycles. The second-order valence-electron chi connectivity index (χ2n) is 7.23. The average Bonchev–Trinajstić information content (AvgIpc) is 2.83. The van der Waals surface area contributed by atoms with Crippen LogP contribution >= 0.6 is 0 Å². The molecule has 1 atom stereocenters. The third-order valence-electron chi connectivity index (χ3n) is 4.63. The Hall–Kier alpha value is -2.97. The number of hydrogen-bond donors (Lipinski definition) is 1. The largest absolute Gasteiger partial charge is 0.573 e. The third-order valence-corrected chi connectivity index (χ3v) is 4.63. The van der Waals surface area contributed by atoms with Gasteiger partial charge in [0.25, 0.3) is 0 Å². The minimum absolute atomic E-state index is 0.0639. The molecule has 6 nitrogen and oxygen atoms in total. The molecule has 1 unspecified atom stereocenters. The summed E-state index contributed by atoms with van der Waals surface area (Å²) < 4.78 is 40.8. The number of aromatic carboxylic acids is 1. The van der Waals surface area contributed by atoms with Crippen LogP contribution in [0.25, 0.3) is 0 Å². The summed E-state index contributed by atoms with van der Waals surface area (Å²) in [5.74, 6) is -1.40. The van der Waals surface area contributed by atoms with Gasteiger partial charge in [0, 0.05) is 12.2 Å². The van der Waals surface area contributed by atoms with Crippen LogP contribution in [0.15, 0.2) is 48.3 Å². The molecule has 0 radical (unpaired) electrons. The van der Waals surface area contributed by atoms with Crippen LogP contribution in [-0.2, 0) is 4.74 Å². The molecule has 150 valence electrons. The van der Waals surface area contributed by atoms with Gasteiger partial charge in [-0.3, -0.25) is 4.90 Å². The van der Waals surface area contributed by atoms with Gasteiger partial charge in [0.15, 0.2) is 0 Å². The van der Waals surface area contributed by atoms with Crippen LogP contribution in [0, 0.1) is 0 Å². The smallest absolute Gasteiger partial charge is 0.478 e. The van der Waals surface area contributed by atoms with E-state index in [0.717, 1.165) is 0 Å². The van der Waals surface area contributed by atoms with Crippen LogP contribution in [-0.4, -0.2) is 46.5 Å². The molecule has 0 aromatic heterocycles. The SMILES string of the molecule is CC1(C)CN(C2C=CC(OC(F)(F)F)=CC2)C(=O)N1c1cccc(C(=O)O)c1. The number of benzene rings is 1. The molecule has 28 heavy (non-hydrogen) atoms. The number of carboxylic acids is 1.